The SMILES string of the molecule is CNC(=O)c1cc(Oc2ccc(NC(=O)Nc3cc(C(C)(C)C)nn3-c3cccc(COP(=O)(O)O)c3)c(F)c2)ccn1.Cl.Cl. The van der Waals surface area contributed by atoms with Gasteiger partial charge in [-0.25, -0.2) is 18.4 Å². The molecular formula is C28H32Cl2FN6O7P. The molecule has 4 rings (SSSR count). The maximum Gasteiger partial charge on any atom is 0.469 e. The lowest BCUT2D eigenvalue weighted by Gasteiger charge is -2.14. The van der Waals surface area contributed by atoms with Crippen molar-refractivity contribution in [3.63, 3.8) is 0 Å². The summed E-state index contributed by atoms with van der Waals surface area (Å²) in [7, 11) is -3.20. The molecule has 4 aromatic rings. The highest BCUT2D eigenvalue weighted by Crippen LogP contribution is 2.37. The average Bonchev–Trinajstić information content (AvgIpc) is 3.37. The number of pyridine rings is 1. The lowest BCUT2D eigenvalue weighted by atomic mass is 9.92. The second-order valence-corrected chi connectivity index (χ2v) is 11.5. The topological polar surface area (TPSA) is 177 Å². The summed E-state index contributed by atoms with van der Waals surface area (Å²) in [6, 6.07) is 14.3. The predicted molar refractivity (Wildman–Crippen MR) is 170 cm³/mol. The minimum atomic E-state index is -4.67. The zero-order chi connectivity index (χ0) is 31.4. The summed E-state index contributed by atoms with van der Waals surface area (Å²) in [5.41, 5.74) is 1.21. The third kappa shape index (κ3) is 10.2. The van der Waals surface area contributed by atoms with Crippen LogP contribution >= 0.6 is 32.6 Å². The lowest BCUT2D eigenvalue weighted by Crippen LogP contribution is -2.22. The average molecular weight is 685 g/mol. The molecule has 2 aromatic carbocycles. The Balaban J connectivity index is 0.00000353. The first-order chi connectivity index (χ1) is 20.2. The molecule has 0 saturated heterocycles. The number of halogens is 3. The standard InChI is InChI=1S/C28H30FN6O7P.2ClH/c1-28(2,3)24-15-25(35(34-24)18-7-5-6-17(12-18)16-41-43(38,39)40)33-27(37)32-22-9-8-19(13-21(22)29)42-20-10-11-31-23(14-20)26(36)30-4;;/h5-15H,16H2,1-4H3,(H,30,36)(H2,32,33,37)(H2,38,39,40);2*1H. The molecule has 0 unspecified atom stereocenters. The van der Waals surface area contributed by atoms with Gasteiger partial charge in [-0.05, 0) is 35.9 Å². The molecule has 0 aliphatic heterocycles. The minimum Gasteiger partial charge on any atom is -0.457 e. The Bertz CT molecular complexity index is 1710. The first kappa shape index (κ1) is 37.1. The van der Waals surface area contributed by atoms with E-state index in [0.29, 0.717) is 16.9 Å². The van der Waals surface area contributed by atoms with Crippen molar-refractivity contribution < 1.29 is 37.6 Å². The molecule has 45 heavy (non-hydrogen) atoms. The Hall–Kier alpha value is -4.04. The molecule has 13 nitrogen and oxygen atoms in total. The van der Waals surface area contributed by atoms with Gasteiger partial charge in [-0.3, -0.25) is 19.6 Å². The van der Waals surface area contributed by atoms with Crippen LogP contribution in [0.2, 0.25) is 0 Å². The van der Waals surface area contributed by atoms with Crippen molar-refractivity contribution in [3.05, 3.63) is 89.6 Å². The van der Waals surface area contributed by atoms with E-state index in [1.807, 2.05) is 20.8 Å². The molecule has 0 saturated carbocycles. The highest BCUT2D eigenvalue weighted by molar-refractivity contribution is 7.46. The number of carbonyl (C=O) groups excluding carboxylic acids is 2. The van der Waals surface area contributed by atoms with E-state index in [0.717, 1.165) is 6.07 Å². The van der Waals surface area contributed by atoms with Gasteiger partial charge in [0.05, 0.1) is 23.7 Å². The van der Waals surface area contributed by atoms with Crippen molar-refractivity contribution in [1.29, 1.82) is 0 Å². The number of rotatable bonds is 9. The molecule has 3 amide bonds. The fourth-order valence-corrected chi connectivity index (χ4v) is 4.08. The second-order valence-electron chi connectivity index (χ2n) is 10.3. The van der Waals surface area contributed by atoms with E-state index < -0.39 is 31.0 Å². The molecule has 0 aliphatic carbocycles. The number of ether oxygens (including phenoxy) is 1. The first-order valence-electron chi connectivity index (χ1n) is 12.9. The van der Waals surface area contributed by atoms with Crippen molar-refractivity contribution in [2.24, 2.45) is 0 Å². The summed E-state index contributed by atoms with van der Waals surface area (Å²) >= 11 is 0. The van der Waals surface area contributed by atoms with Crippen LogP contribution in [0.15, 0.2) is 66.9 Å². The molecule has 0 fully saturated rings. The van der Waals surface area contributed by atoms with Gasteiger partial charge in [0, 0.05) is 36.9 Å². The van der Waals surface area contributed by atoms with E-state index in [9.17, 15) is 18.5 Å². The molecule has 17 heteroatoms. The van der Waals surface area contributed by atoms with Crippen molar-refractivity contribution in [3.8, 4) is 17.2 Å². The van der Waals surface area contributed by atoms with Crippen molar-refractivity contribution in [1.82, 2.24) is 20.1 Å². The van der Waals surface area contributed by atoms with Crippen LogP contribution in [0.4, 0.5) is 20.7 Å². The molecule has 0 aliphatic rings. The quantitative estimate of drug-likeness (QED) is 0.133. The molecule has 0 spiro atoms. The maximum atomic E-state index is 14.9. The maximum absolute atomic E-state index is 14.9. The van der Waals surface area contributed by atoms with Crippen LogP contribution in [-0.4, -0.2) is 43.5 Å². The molecule has 242 valence electrons. The minimum absolute atomic E-state index is 0. The van der Waals surface area contributed by atoms with Crippen molar-refractivity contribution >= 4 is 56.1 Å². The van der Waals surface area contributed by atoms with E-state index >= 15 is 0 Å². The first-order valence-corrected chi connectivity index (χ1v) is 14.4. The number of phosphoric acid groups is 1. The number of aromatic nitrogens is 3. The summed E-state index contributed by atoms with van der Waals surface area (Å²) in [4.78, 5) is 46.8. The zero-order valence-corrected chi connectivity index (χ0v) is 27.0. The molecule has 2 aromatic heterocycles. The van der Waals surface area contributed by atoms with Crippen molar-refractivity contribution in [2.75, 3.05) is 17.7 Å². The van der Waals surface area contributed by atoms with E-state index in [-0.39, 0.29) is 60.1 Å². The normalized spacial score (nSPS) is 11.1. The Morgan fingerprint density at radius 3 is 2.36 bits per heavy atom. The molecule has 0 bridgehead atoms. The van der Waals surface area contributed by atoms with E-state index in [2.05, 4.69) is 30.6 Å². The number of nitrogens with zero attached hydrogens (tertiary/aromatic N) is 3. The number of benzene rings is 2. The Labute approximate surface area is 270 Å². The highest BCUT2D eigenvalue weighted by atomic mass is 35.5. The van der Waals surface area contributed by atoms with Gasteiger partial charge in [0.1, 0.15) is 28.8 Å². The third-order valence-electron chi connectivity index (χ3n) is 5.89. The number of urea groups is 1. The third-order valence-corrected chi connectivity index (χ3v) is 6.35. The van der Waals surface area contributed by atoms with E-state index in [1.54, 1.807) is 30.3 Å². The molecule has 0 atom stereocenters. The van der Waals surface area contributed by atoms with Gasteiger partial charge in [0.15, 0.2) is 0 Å². The fraction of sp³-hybridized carbons (Fsp3) is 0.214. The molecule has 0 radical (unpaired) electrons. The second kappa shape index (κ2) is 15.3. The van der Waals surface area contributed by atoms with Crippen LogP contribution in [0.5, 0.6) is 11.5 Å². The van der Waals surface area contributed by atoms with Crippen LogP contribution in [0, 0.1) is 5.82 Å². The summed E-state index contributed by atoms with van der Waals surface area (Å²) in [5, 5.41) is 12.2. The zero-order valence-electron chi connectivity index (χ0n) is 24.5. The number of anilines is 2. The monoisotopic (exact) mass is 684 g/mol. The van der Waals surface area contributed by atoms with Crippen LogP contribution in [-0.2, 0) is 21.1 Å². The van der Waals surface area contributed by atoms with Gasteiger partial charge in [-0.1, -0.05) is 32.9 Å². The van der Waals surface area contributed by atoms with E-state index in [4.69, 9.17) is 14.5 Å². The molecule has 2 heterocycles. The highest BCUT2D eigenvalue weighted by Gasteiger charge is 2.22. The Morgan fingerprint density at radius 1 is 1.00 bits per heavy atom. The molecular weight excluding hydrogens is 653 g/mol. The van der Waals surface area contributed by atoms with Crippen LogP contribution < -0.4 is 20.7 Å². The predicted octanol–water partition coefficient (Wildman–Crippen LogP) is 5.95. The van der Waals surface area contributed by atoms with Crippen molar-refractivity contribution in [2.45, 2.75) is 32.8 Å². The van der Waals surface area contributed by atoms with Gasteiger partial charge in [0.25, 0.3) is 5.91 Å². The number of hydrogen-bond acceptors (Lipinski definition) is 7. The van der Waals surface area contributed by atoms with Gasteiger partial charge in [-0.2, -0.15) is 5.10 Å². The van der Waals surface area contributed by atoms with Gasteiger partial charge in [-0.15, -0.1) is 24.8 Å². The van der Waals surface area contributed by atoms with Crippen LogP contribution in [0.1, 0.15) is 42.5 Å². The van der Waals surface area contributed by atoms with E-state index in [1.165, 1.54) is 42.2 Å². The molecule has 5 N–H and O–H groups in total. The fourth-order valence-electron chi connectivity index (χ4n) is 3.76. The Morgan fingerprint density at radius 2 is 1.71 bits per heavy atom. The summed E-state index contributed by atoms with van der Waals surface area (Å²) < 4.78 is 37.7. The summed E-state index contributed by atoms with van der Waals surface area (Å²) in [5.74, 6) is -0.505. The summed E-state index contributed by atoms with van der Waals surface area (Å²) in [6.45, 7) is 5.48. The van der Waals surface area contributed by atoms with Crippen LogP contribution in [0.3, 0.4) is 0 Å². The number of hydrogen-bond donors (Lipinski definition) is 5. The lowest BCUT2D eigenvalue weighted by molar-refractivity contribution is 0.0957. The summed E-state index contributed by atoms with van der Waals surface area (Å²) in [6.07, 6.45) is 1.39. The van der Waals surface area contributed by atoms with Gasteiger partial charge < -0.3 is 25.2 Å². The number of phosphoric ester groups is 1. The number of amides is 3. The van der Waals surface area contributed by atoms with Gasteiger partial charge >= 0.3 is 13.9 Å². The van der Waals surface area contributed by atoms with Gasteiger partial charge in [0.2, 0.25) is 0 Å². The number of carbonyl (C=O) groups is 2. The van der Waals surface area contributed by atoms with Crippen LogP contribution in [0.25, 0.3) is 5.69 Å². The largest absolute Gasteiger partial charge is 0.469 e. The smallest absolute Gasteiger partial charge is 0.457 e. The Kier molecular flexibility index (Phi) is 12.6. The number of nitrogens with one attached hydrogen (secondary N) is 3.